The summed E-state index contributed by atoms with van der Waals surface area (Å²) in [6.07, 6.45) is 5.55. The van der Waals surface area contributed by atoms with Gasteiger partial charge in [-0.1, -0.05) is 17.7 Å². The minimum absolute atomic E-state index is 0.139. The molecule has 1 aliphatic rings. The highest BCUT2D eigenvalue weighted by Crippen LogP contribution is 2.56. The van der Waals surface area contributed by atoms with Crippen molar-refractivity contribution < 1.29 is 21.8 Å². The summed E-state index contributed by atoms with van der Waals surface area (Å²) in [5.74, 6) is -2.36. The molecule has 5 rings (SSSR count). The van der Waals surface area contributed by atoms with E-state index in [0.717, 1.165) is 10.8 Å². The van der Waals surface area contributed by atoms with Crippen LogP contribution < -0.4 is 5.56 Å². The first-order valence-electron chi connectivity index (χ1n) is 11.7. The molecule has 1 fully saturated rings. The van der Waals surface area contributed by atoms with Crippen LogP contribution in [0.5, 0.6) is 0 Å². The van der Waals surface area contributed by atoms with Crippen LogP contribution in [-0.2, 0) is 9.73 Å². The molecule has 7 nitrogen and oxygen atoms in total. The molecule has 1 aliphatic carbocycles. The van der Waals surface area contributed by atoms with E-state index in [1.807, 2.05) is 0 Å². The lowest BCUT2D eigenvalue weighted by Gasteiger charge is -2.18. The highest BCUT2D eigenvalue weighted by Gasteiger charge is 2.42. The van der Waals surface area contributed by atoms with Gasteiger partial charge in [-0.25, -0.2) is 22.5 Å². The largest absolute Gasteiger partial charge is 0.333 e. The Bertz CT molecular complexity index is 1800. The number of alkyl halides is 2. The summed E-state index contributed by atoms with van der Waals surface area (Å²) >= 11 is 6.50. The molecule has 3 atom stereocenters. The van der Waals surface area contributed by atoms with E-state index in [9.17, 15) is 17.8 Å². The topological polar surface area (TPSA) is 93.6 Å². The molecule has 1 N–H and O–H groups in total. The Morgan fingerprint density at radius 3 is 2.51 bits per heavy atom. The molecule has 3 heterocycles. The molecule has 3 aromatic heterocycles. The summed E-state index contributed by atoms with van der Waals surface area (Å²) in [5, 5.41) is 3.52. The van der Waals surface area contributed by atoms with Gasteiger partial charge in [0, 0.05) is 29.9 Å². The number of halogens is 5. The second-order valence-corrected chi connectivity index (χ2v) is 12.1. The maximum atomic E-state index is 16.0. The molecule has 0 bridgehead atoms. The second-order valence-electron chi connectivity index (χ2n) is 9.59. The van der Waals surface area contributed by atoms with E-state index in [2.05, 4.69) is 10.1 Å². The lowest BCUT2D eigenvalue weighted by atomic mass is 10.0. The van der Waals surface area contributed by atoms with Crippen molar-refractivity contribution in [3.8, 4) is 16.9 Å². The number of hydrogen-bond acceptors (Lipinski definition) is 5. The van der Waals surface area contributed by atoms with Gasteiger partial charge in [-0.3, -0.25) is 14.3 Å². The lowest BCUT2D eigenvalue weighted by molar-refractivity contribution is 0.0565. The zero-order chi connectivity index (χ0) is 28.4. The van der Waals surface area contributed by atoms with Crippen LogP contribution in [0.4, 0.5) is 17.6 Å². The highest BCUT2D eigenvalue weighted by atomic mass is 35.5. The first-order chi connectivity index (χ1) is 18.3. The Morgan fingerprint density at radius 1 is 1.15 bits per heavy atom. The van der Waals surface area contributed by atoms with Crippen molar-refractivity contribution in [2.24, 2.45) is 0 Å². The minimum Gasteiger partial charge on any atom is -0.277 e. The highest BCUT2D eigenvalue weighted by molar-refractivity contribution is 7.91. The van der Waals surface area contributed by atoms with Gasteiger partial charge in [0.2, 0.25) is 0 Å². The summed E-state index contributed by atoms with van der Waals surface area (Å²) in [4.78, 5) is 17.1. The van der Waals surface area contributed by atoms with E-state index in [4.69, 9.17) is 16.4 Å². The van der Waals surface area contributed by atoms with Crippen LogP contribution in [-0.4, -0.2) is 29.8 Å². The number of hydrogen-bond donors (Lipinski definition) is 1. The maximum Gasteiger partial charge on any atom is 0.333 e. The second kappa shape index (κ2) is 9.60. The van der Waals surface area contributed by atoms with Gasteiger partial charge in [-0.2, -0.15) is 13.9 Å². The van der Waals surface area contributed by atoms with Crippen molar-refractivity contribution in [2.45, 2.75) is 43.5 Å². The van der Waals surface area contributed by atoms with Crippen molar-refractivity contribution in [3.05, 3.63) is 92.3 Å². The molecule has 0 amide bonds. The number of rotatable bonds is 6. The Morgan fingerprint density at radius 2 is 1.87 bits per heavy atom. The monoisotopic (exact) mass is 579 g/mol. The maximum absolute atomic E-state index is 16.0. The van der Waals surface area contributed by atoms with Crippen LogP contribution in [0.1, 0.15) is 47.2 Å². The molecule has 0 saturated heterocycles. The van der Waals surface area contributed by atoms with E-state index in [1.165, 1.54) is 43.7 Å². The third-order valence-corrected chi connectivity index (χ3v) is 8.37. The number of aromatic nitrogens is 4. The number of pyridine rings is 2. The van der Waals surface area contributed by atoms with E-state index in [1.54, 1.807) is 13.0 Å². The van der Waals surface area contributed by atoms with Crippen molar-refractivity contribution in [1.82, 2.24) is 19.3 Å². The first kappa shape index (κ1) is 27.1. The van der Waals surface area contributed by atoms with Gasteiger partial charge in [0.1, 0.15) is 16.5 Å². The smallest absolute Gasteiger partial charge is 0.277 e. The normalized spacial score (nSPS) is 18.4. The Kier molecular flexibility index (Phi) is 6.66. The number of nitrogens with one attached hydrogen (secondary N) is 1. The minimum atomic E-state index is -3.44. The van der Waals surface area contributed by atoms with Crippen LogP contribution >= 0.6 is 11.6 Å². The van der Waals surface area contributed by atoms with E-state index >= 15 is 8.78 Å². The summed E-state index contributed by atoms with van der Waals surface area (Å²) in [6, 6.07) is 5.45. The van der Waals surface area contributed by atoms with Crippen LogP contribution in [0.15, 0.2) is 52.5 Å². The van der Waals surface area contributed by atoms with Crippen molar-refractivity contribution in [3.63, 3.8) is 0 Å². The van der Waals surface area contributed by atoms with Gasteiger partial charge in [0.15, 0.2) is 5.82 Å². The molecule has 4 aromatic rings. The quantitative estimate of drug-likeness (QED) is 0.270. The molecule has 1 aromatic carbocycles. The Balaban J connectivity index is 1.59. The molecule has 0 spiro atoms. The number of benzene rings is 1. The van der Waals surface area contributed by atoms with Gasteiger partial charge in [0.25, 0.3) is 5.56 Å². The first-order valence-corrected chi connectivity index (χ1v) is 14.1. The summed E-state index contributed by atoms with van der Waals surface area (Å²) in [6.45, 7) is 0.374. The SMILES string of the molecule is Cc1cnc(-c2cccc(S(C)(=N)=O)c2F)c(F)c1-n1c(C)cc([C@H]2C[C@@H]2c2cnn(C(F)F)c2)c(Cl)c1=O. The van der Waals surface area contributed by atoms with Crippen LogP contribution in [0.25, 0.3) is 16.9 Å². The summed E-state index contributed by atoms with van der Waals surface area (Å²) in [7, 11) is -3.44. The summed E-state index contributed by atoms with van der Waals surface area (Å²) < 4.78 is 78.6. The number of nitrogens with zero attached hydrogens (tertiary/aromatic N) is 4. The Hall–Kier alpha value is -3.51. The molecule has 0 radical (unpaired) electrons. The van der Waals surface area contributed by atoms with Gasteiger partial charge in [-0.05, 0) is 67.0 Å². The third-order valence-electron chi connectivity index (χ3n) is 6.84. The fourth-order valence-corrected chi connectivity index (χ4v) is 5.93. The number of aryl methyl sites for hydroxylation is 2. The average Bonchev–Trinajstić information content (AvgIpc) is 3.49. The molecule has 1 saturated carbocycles. The fourth-order valence-electron chi connectivity index (χ4n) is 4.86. The van der Waals surface area contributed by atoms with Crippen molar-refractivity contribution in [1.29, 1.82) is 4.78 Å². The van der Waals surface area contributed by atoms with Crippen LogP contribution in [0.2, 0.25) is 5.02 Å². The average molecular weight is 580 g/mol. The predicted octanol–water partition coefficient (Wildman–Crippen LogP) is 6.35. The third kappa shape index (κ3) is 4.65. The van der Waals surface area contributed by atoms with E-state index in [0.29, 0.717) is 27.9 Å². The summed E-state index contributed by atoms with van der Waals surface area (Å²) in [5.41, 5.74) is 0.173. The molecular weight excluding hydrogens is 558 g/mol. The molecule has 0 aliphatic heterocycles. The molecule has 39 heavy (non-hydrogen) atoms. The van der Waals surface area contributed by atoms with Gasteiger partial charge < -0.3 is 0 Å². The van der Waals surface area contributed by atoms with E-state index in [-0.39, 0.29) is 38.6 Å². The van der Waals surface area contributed by atoms with Gasteiger partial charge in [0.05, 0.1) is 26.5 Å². The zero-order valence-electron chi connectivity index (χ0n) is 20.9. The van der Waals surface area contributed by atoms with E-state index < -0.39 is 39.2 Å². The lowest BCUT2D eigenvalue weighted by Crippen LogP contribution is -2.24. The van der Waals surface area contributed by atoms with Gasteiger partial charge >= 0.3 is 6.55 Å². The predicted molar refractivity (Wildman–Crippen MR) is 138 cm³/mol. The van der Waals surface area contributed by atoms with Crippen LogP contribution in [0, 0.1) is 30.3 Å². The standard InChI is InChI=1S/C26H22ClF4N5O2S/c1-12-9-33-23(15-5-4-6-19(21(15)28)39(3,32)38)22(29)24(12)36-13(2)7-18(20(27)25(36)37)17-8-16(17)14-10-34-35(11-14)26(30)31/h4-7,9-11,16-17,26,32H,8H2,1-3H3/t16-,17+,39?/m1/s1. The molecule has 13 heteroatoms. The fraction of sp³-hybridized carbons (Fsp3) is 0.269. The van der Waals surface area contributed by atoms with Crippen molar-refractivity contribution in [2.75, 3.05) is 6.26 Å². The van der Waals surface area contributed by atoms with Crippen molar-refractivity contribution >= 4 is 21.3 Å². The molecular formula is C26H22ClF4N5O2S. The Labute approximate surface area is 226 Å². The molecule has 204 valence electrons. The van der Waals surface area contributed by atoms with Crippen LogP contribution in [0.3, 0.4) is 0 Å². The zero-order valence-corrected chi connectivity index (χ0v) is 22.5. The molecule has 1 unspecified atom stereocenters. The van der Waals surface area contributed by atoms with Gasteiger partial charge in [-0.15, -0.1) is 0 Å².